The summed E-state index contributed by atoms with van der Waals surface area (Å²) < 4.78 is 82.5. The lowest BCUT2D eigenvalue weighted by molar-refractivity contribution is -0.145. The molecule has 2 aromatic rings. The van der Waals surface area contributed by atoms with Crippen molar-refractivity contribution in [3.8, 4) is 6.07 Å². The quantitative estimate of drug-likeness (QED) is 0.524. The van der Waals surface area contributed by atoms with Gasteiger partial charge >= 0.3 is 18.3 Å². The smallest absolute Gasteiger partial charge is 0.416 e. The van der Waals surface area contributed by atoms with Crippen LogP contribution in [0.3, 0.4) is 0 Å². The average molecular weight is 458 g/mol. The molecule has 5 nitrogen and oxygen atoms in total. The van der Waals surface area contributed by atoms with Crippen molar-refractivity contribution in [3.63, 3.8) is 0 Å². The second-order valence-corrected chi connectivity index (χ2v) is 6.75. The summed E-state index contributed by atoms with van der Waals surface area (Å²) in [4.78, 5) is 24.3. The maximum Gasteiger partial charge on any atom is 0.416 e. The number of ether oxygens (including phenoxy) is 1. The number of methoxy groups -OCH3 is 1. The topological polar surface area (TPSA) is 79.2 Å². The maximum atomic E-state index is 13.0. The van der Waals surface area contributed by atoms with E-state index in [0.29, 0.717) is 23.3 Å². The molecule has 1 amide bonds. The molecule has 0 heterocycles. The Kier molecular flexibility index (Phi) is 7.51. The van der Waals surface area contributed by atoms with Crippen molar-refractivity contribution in [2.45, 2.75) is 31.2 Å². The van der Waals surface area contributed by atoms with Gasteiger partial charge in [-0.2, -0.15) is 31.6 Å². The largest absolute Gasteiger partial charge is 0.467 e. The fourth-order valence-corrected chi connectivity index (χ4v) is 2.84. The minimum atomic E-state index is -5.05. The molecule has 0 saturated carbocycles. The Hall–Kier alpha value is -3.55. The van der Waals surface area contributed by atoms with Gasteiger partial charge in [0.1, 0.15) is 6.04 Å². The molecular formula is C21H16F6N2O3. The fourth-order valence-electron chi connectivity index (χ4n) is 2.84. The van der Waals surface area contributed by atoms with E-state index < -0.39 is 53.4 Å². The third-order valence-corrected chi connectivity index (χ3v) is 4.36. The first-order valence-electron chi connectivity index (χ1n) is 8.98. The zero-order chi connectivity index (χ0) is 24.1. The Labute approximate surface area is 178 Å². The van der Waals surface area contributed by atoms with Gasteiger partial charge in [-0.1, -0.05) is 12.1 Å². The minimum absolute atomic E-state index is 0.0381. The number of hydrogen-bond donors (Lipinski definition) is 1. The van der Waals surface area contributed by atoms with Gasteiger partial charge in [0.15, 0.2) is 0 Å². The van der Waals surface area contributed by atoms with Crippen molar-refractivity contribution < 1.29 is 40.7 Å². The summed E-state index contributed by atoms with van der Waals surface area (Å²) in [5.74, 6) is -1.83. The lowest BCUT2D eigenvalue weighted by atomic mass is 10.0. The van der Waals surface area contributed by atoms with E-state index >= 15 is 0 Å². The molecule has 0 radical (unpaired) electrons. The number of hydrogen-bond acceptors (Lipinski definition) is 4. The Bertz CT molecular complexity index is 992. The van der Waals surface area contributed by atoms with Gasteiger partial charge in [-0.25, -0.2) is 4.79 Å². The Morgan fingerprint density at radius 2 is 1.50 bits per heavy atom. The average Bonchev–Trinajstić information content (AvgIpc) is 2.71. The molecule has 32 heavy (non-hydrogen) atoms. The summed E-state index contributed by atoms with van der Waals surface area (Å²) in [6, 6.07) is 7.54. The number of amides is 1. The predicted molar refractivity (Wildman–Crippen MR) is 99.0 cm³/mol. The molecule has 170 valence electrons. The van der Waals surface area contributed by atoms with Gasteiger partial charge < -0.3 is 10.1 Å². The summed E-state index contributed by atoms with van der Waals surface area (Å²) in [5.41, 5.74) is -2.71. The second kappa shape index (κ2) is 9.72. The van der Waals surface area contributed by atoms with Crippen LogP contribution in [0, 0.1) is 11.3 Å². The van der Waals surface area contributed by atoms with Gasteiger partial charge in [0.25, 0.3) is 0 Å². The highest BCUT2D eigenvalue weighted by Gasteiger charge is 2.37. The fraction of sp³-hybridized carbons (Fsp3) is 0.286. The van der Waals surface area contributed by atoms with Gasteiger partial charge in [-0.3, -0.25) is 4.79 Å². The van der Waals surface area contributed by atoms with Crippen LogP contribution in [0.5, 0.6) is 0 Å². The van der Waals surface area contributed by atoms with Crippen LogP contribution in [0.1, 0.15) is 27.8 Å². The zero-order valence-electron chi connectivity index (χ0n) is 16.5. The molecule has 11 heteroatoms. The van der Waals surface area contributed by atoms with Crippen molar-refractivity contribution >= 4 is 11.9 Å². The molecule has 0 aliphatic heterocycles. The summed E-state index contributed by atoms with van der Waals surface area (Å²) in [5, 5.41) is 11.1. The summed E-state index contributed by atoms with van der Waals surface area (Å²) in [6.07, 6.45) is -11.0. The van der Waals surface area contributed by atoms with E-state index in [1.165, 1.54) is 24.3 Å². The van der Waals surface area contributed by atoms with Crippen molar-refractivity contribution in [2.75, 3.05) is 7.11 Å². The van der Waals surface area contributed by atoms with Gasteiger partial charge in [-0.15, -0.1) is 0 Å². The van der Waals surface area contributed by atoms with Gasteiger partial charge in [0.2, 0.25) is 5.91 Å². The molecule has 0 bridgehead atoms. The number of benzene rings is 2. The molecule has 1 N–H and O–H groups in total. The number of nitrogens with one attached hydrogen (secondary N) is 1. The highest BCUT2D eigenvalue weighted by molar-refractivity contribution is 5.85. The predicted octanol–water partition coefficient (Wildman–Crippen LogP) is 4.04. The van der Waals surface area contributed by atoms with E-state index in [2.05, 4.69) is 10.1 Å². The number of alkyl halides is 6. The number of carbonyl (C=O) groups is 2. The number of halogens is 6. The van der Waals surface area contributed by atoms with Crippen molar-refractivity contribution in [1.29, 1.82) is 5.26 Å². The second-order valence-electron chi connectivity index (χ2n) is 6.75. The maximum absolute atomic E-state index is 13.0. The van der Waals surface area contributed by atoms with Crippen molar-refractivity contribution in [2.24, 2.45) is 0 Å². The van der Waals surface area contributed by atoms with Crippen LogP contribution in [-0.4, -0.2) is 25.0 Å². The highest BCUT2D eigenvalue weighted by atomic mass is 19.4. The number of nitrogens with zero attached hydrogens (tertiary/aromatic N) is 1. The van der Waals surface area contributed by atoms with E-state index in [-0.39, 0.29) is 12.5 Å². The Balaban J connectivity index is 2.23. The van der Waals surface area contributed by atoms with E-state index in [4.69, 9.17) is 5.26 Å². The van der Waals surface area contributed by atoms with Crippen LogP contribution < -0.4 is 5.32 Å². The molecule has 2 rings (SSSR count). The zero-order valence-corrected chi connectivity index (χ0v) is 16.5. The van der Waals surface area contributed by atoms with Crippen LogP contribution in [0.4, 0.5) is 26.3 Å². The van der Waals surface area contributed by atoms with Crippen molar-refractivity contribution in [3.05, 3.63) is 70.3 Å². The molecular weight excluding hydrogens is 442 g/mol. The van der Waals surface area contributed by atoms with Gasteiger partial charge in [0, 0.05) is 6.42 Å². The lowest BCUT2D eigenvalue weighted by Crippen LogP contribution is -2.43. The van der Waals surface area contributed by atoms with E-state index in [1.54, 1.807) is 0 Å². The van der Waals surface area contributed by atoms with Gasteiger partial charge in [0.05, 0.1) is 36.3 Å². The van der Waals surface area contributed by atoms with E-state index in [9.17, 15) is 35.9 Å². The van der Waals surface area contributed by atoms with Crippen molar-refractivity contribution in [1.82, 2.24) is 5.32 Å². The molecule has 0 aliphatic carbocycles. The Morgan fingerprint density at radius 1 is 0.969 bits per heavy atom. The van der Waals surface area contributed by atoms with Crippen LogP contribution in [0.25, 0.3) is 0 Å². The van der Waals surface area contributed by atoms with Crippen LogP contribution in [-0.2, 0) is 39.5 Å². The van der Waals surface area contributed by atoms with Crippen LogP contribution >= 0.6 is 0 Å². The number of nitriles is 1. The van der Waals surface area contributed by atoms with E-state index in [0.717, 1.165) is 7.11 Å². The molecule has 0 saturated heterocycles. The van der Waals surface area contributed by atoms with Gasteiger partial charge in [-0.05, 0) is 41.5 Å². The molecule has 0 fully saturated rings. The molecule has 0 spiro atoms. The number of esters is 1. The number of carbonyl (C=O) groups excluding carboxylic acids is 2. The third kappa shape index (κ3) is 6.73. The summed E-state index contributed by atoms with van der Waals surface area (Å²) in [6.45, 7) is 0. The minimum Gasteiger partial charge on any atom is -0.467 e. The molecule has 1 atom stereocenters. The molecule has 0 aliphatic rings. The normalized spacial score (nSPS) is 12.6. The first-order valence-corrected chi connectivity index (χ1v) is 8.98. The molecule has 0 aromatic heterocycles. The third-order valence-electron chi connectivity index (χ3n) is 4.36. The SMILES string of the molecule is COC(=O)[C@H](Cc1ccc(C#N)cc1)NC(=O)Cc1cc(C(F)(F)F)cc(C(F)(F)F)c1. The summed E-state index contributed by atoms with van der Waals surface area (Å²) >= 11 is 0. The molecule has 0 unspecified atom stereocenters. The summed E-state index contributed by atoms with van der Waals surface area (Å²) in [7, 11) is 1.06. The van der Waals surface area contributed by atoms with Crippen LogP contribution in [0.15, 0.2) is 42.5 Å². The highest BCUT2D eigenvalue weighted by Crippen LogP contribution is 2.36. The first-order chi connectivity index (χ1) is 14.8. The van der Waals surface area contributed by atoms with Crippen LogP contribution in [0.2, 0.25) is 0 Å². The first kappa shape index (κ1) is 24.7. The lowest BCUT2D eigenvalue weighted by Gasteiger charge is -2.18. The number of rotatable bonds is 6. The Morgan fingerprint density at radius 3 is 1.94 bits per heavy atom. The van der Waals surface area contributed by atoms with E-state index in [1.807, 2.05) is 6.07 Å². The monoisotopic (exact) mass is 458 g/mol. The molecule has 2 aromatic carbocycles. The standard InChI is InChI=1S/C21H16F6N2O3/c1-32-19(31)17(8-12-2-4-13(11-28)5-3-12)29-18(30)9-14-6-15(20(22,23)24)10-16(7-14)21(25,26)27/h2-7,10,17H,8-9H2,1H3,(H,29,30)/t17-/m0/s1.